The molecule has 0 aliphatic carbocycles. The Morgan fingerprint density at radius 2 is 0.481 bits per heavy atom. The second kappa shape index (κ2) is 69.3. The van der Waals surface area contributed by atoms with Crippen molar-refractivity contribution in [3.63, 3.8) is 0 Å². The van der Waals surface area contributed by atoms with E-state index in [4.69, 9.17) is 14.2 Å². The lowest BCUT2D eigenvalue weighted by molar-refractivity contribution is -0.167. The lowest BCUT2D eigenvalue weighted by Gasteiger charge is -2.18. The van der Waals surface area contributed by atoms with Crippen LogP contribution in [0.1, 0.15) is 367 Å². The summed E-state index contributed by atoms with van der Waals surface area (Å²) in [6.07, 6.45) is 90.8. The van der Waals surface area contributed by atoms with Gasteiger partial charge in [-0.2, -0.15) is 0 Å². The fourth-order valence-corrected chi connectivity index (χ4v) is 10.4. The van der Waals surface area contributed by atoms with E-state index >= 15 is 0 Å². The highest BCUT2D eigenvalue weighted by atomic mass is 16.6. The molecule has 0 heterocycles. The van der Waals surface area contributed by atoms with Crippen molar-refractivity contribution in [1.82, 2.24) is 0 Å². The zero-order valence-electron chi connectivity index (χ0n) is 54.1. The van der Waals surface area contributed by atoms with Crippen LogP contribution in [-0.2, 0) is 28.6 Å². The van der Waals surface area contributed by atoms with Crippen LogP contribution in [0.5, 0.6) is 0 Å². The molecule has 0 aromatic carbocycles. The van der Waals surface area contributed by atoms with Crippen molar-refractivity contribution >= 4 is 17.9 Å². The van der Waals surface area contributed by atoms with E-state index in [-0.39, 0.29) is 31.1 Å². The number of carbonyl (C=O) groups is 3. The molecule has 6 heteroatoms. The van der Waals surface area contributed by atoms with Gasteiger partial charge in [-0.3, -0.25) is 14.4 Å². The summed E-state index contributed by atoms with van der Waals surface area (Å²) >= 11 is 0. The molecule has 0 saturated carbocycles. The summed E-state index contributed by atoms with van der Waals surface area (Å²) in [7, 11) is 0. The Labute approximate surface area is 503 Å². The van der Waals surface area contributed by atoms with Crippen molar-refractivity contribution < 1.29 is 28.6 Å². The Bertz CT molecular complexity index is 1490. The molecule has 0 spiro atoms. The minimum atomic E-state index is -0.776. The zero-order valence-corrected chi connectivity index (χ0v) is 54.1. The second-order valence-corrected chi connectivity index (χ2v) is 23.8. The standard InChI is InChI=1S/C75H134O6/c1-4-7-10-13-16-19-22-25-28-29-30-31-32-33-34-35-36-37-38-39-40-41-42-43-44-45-48-50-53-56-59-62-65-68-74(77)80-71-72(81-75(78)69-66-63-60-57-54-51-47-27-24-21-18-15-12-9-6-3)70-79-73(76)67-64-61-58-55-52-49-46-26-23-20-17-14-11-8-5-2/h7,10,16,19,25,27-28,30-31,33-34,47,72H,4-6,8-9,11-15,17-18,20-24,26,29,32,35-46,48-71H2,1-3H3/b10-7-,19-16-,28-25-,31-30-,34-33-,47-27-. The molecule has 0 bridgehead atoms. The van der Waals surface area contributed by atoms with E-state index in [0.717, 1.165) is 96.3 Å². The summed E-state index contributed by atoms with van der Waals surface area (Å²) in [5, 5.41) is 0. The molecule has 81 heavy (non-hydrogen) atoms. The molecule has 0 saturated heterocycles. The number of hydrogen-bond acceptors (Lipinski definition) is 6. The monoisotopic (exact) mass is 1130 g/mol. The Morgan fingerprint density at radius 1 is 0.259 bits per heavy atom. The minimum absolute atomic E-state index is 0.0721. The predicted molar refractivity (Wildman–Crippen MR) is 353 cm³/mol. The summed E-state index contributed by atoms with van der Waals surface area (Å²) in [6.45, 7) is 6.57. The first-order chi connectivity index (χ1) is 40.0. The van der Waals surface area contributed by atoms with Crippen LogP contribution in [0.3, 0.4) is 0 Å². The molecule has 0 amide bonds. The molecule has 0 aliphatic heterocycles. The molecule has 6 nitrogen and oxygen atoms in total. The smallest absolute Gasteiger partial charge is 0.306 e. The highest BCUT2D eigenvalue weighted by Gasteiger charge is 2.19. The van der Waals surface area contributed by atoms with Gasteiger partial charge in [0.25, 0.3) is 0 Å². The third kappa shape index (κ3) is 67.5. The Hall–Kier alpha value is -3.15. The maximum absolute atomic E-state index is 12.9. The molecule has 470 valence electrons. The van der Waals surface area contributed by atoms with Crippen LogP contribution in [0.25, 0.3) is 0 Å². The van der Waals surface area contributed by atoms with Gasteiger partial charge >= 0.3 is 17.9 Å². The molecule has 1 atom stereocenters. The molecule has 1 unspecified atom stereocenters. The van der Waals surface area contributed by atoms with Crippen molar-refractivity contribution in [3.8, 4) is 0 Å². The van der Waals surface area contributed by atoms with Crippen LogP contribution in [0.2, 0.25) is 0 Å². The normalized spacial score (nSPS) is 12.5. The summed E-state index contributed by atoms with van der Waals surface area (Å²) < 4.78 is 17.0. The van der Waals surface area contributed by atoms with Crippen LogP contribution in [-0.4, -0.2) is 37.2 Å². The fourth-order valence-electron chi connectivity index (χ4n) is 10.4. The number of esters is 3. The van der Waals surface area contributed by atoms with Crippen LogP contribution in [0, 0.1) is 0 Å². The molecule has 0 aromatic rings. The molecule has 0 fully saturated rings. The number of allylic oxidation sites excluding steroid dienone is 12. The van der Waals surface area contributed by atoms with Crippen LogP contribution < -0.4 is 0 Å². The third-order valence-corrected chi connectivity index (χ3v) is 15.7. The molecule has 0 N–H and O–H groups in total. The largest absolute Gasteiger partial charge is 0.462 e. The maximum atomic E-state index is 12.9. The van der Waals surface area contributed by atoms with Crippen molar-refractivity contribution in [2.75, 3.05) is 13.2 Å². The van der Waals surface area contributed by atoms with E-state index < -0.39 is 6.10 Å². The summed E-state index contributed by atoms with van der Waals surface area (Å²) in [5.41, 5.74) is 0. The Balaban J connectivity index is 4.16. The van der Waals surface area contributed by atoms with E-state index in [1.54, 1.807) is 0 Å². The number of rotatable bonds is 65. The highest BCUT2D eigenvalue weighted by molar-refractivity contribution is 5.71. The van der Waals surface area contributed by atoms with Crippen molar-refractivity contribution in [2.45, 2.75) is 374 Å². The molecule has 0 aliphatic rings. The quantitative estimate of drug-likeness (QED) is 0.0261. The SMILES string of the molecule is CC/C=C\C/C=C\C/C=C\C/C=C\C/C=C\CCCCCCCCCCCCCCCCCCCC(=O)OCC(COC(=O)CCCCCCCCCCCCCCCCC)OC(=O)CCCCCCC/C=C\CCCCCCCC. The first kappa shape index (κ1) is 77.9. The fraction of sp³-hybridized carbons (Fsp3) is 0.800. The van der Waals surface area contributed by atoms with Gasteiger partial charge in [0, 0.05) is 19.3 Å². The third-order valence-electron chi connectivity index (χ3n) is 15.7. The lowest BCUT2D eigenvalue weighted by Crippen LogP contribution is -2.30. The van der Waals surface area contributed by atoms with Gasteiger partial charge in [-0.15, -0.1) is 0 Å². The lowest BCUT2D eigenvalue weighted by atomic mass is 10.0. The van der Waals surface area contributed by atoms with Crippen LogP contribution >= 0.6 is 0 Å². The van der Waals surface area contributed by atoms with Gasteiger partial charge in [0.15, 0.2) is 6.10 Å². The topological polar surface area (TPSA) is 78.9 Å². The number of ether oxygens (including phenoxy) is 3. The van der Waals surface area contributed by atoms with Crippen molar-refractivity contribution in [3.05, 3.63) is 72.9 Å². The average molecular weight is 1130 g/mol. The molecule has 0 rings (SSSR count). The first-order valence-electron chi connectivity index (χ1n) is 35.4. The van der Waals surface area contributed by atoms with E-state index in [1.807, 2.05) is 0 Å². The summed E-state index contributed by atoms with van der Waals surface area (Å²) in [4.78, 5) is 38.4. The second-order valence-electron chi connectivity index (χ2n) is 23.8. The highest BCUT2D eigenvalue weighted by Crippen LogP contribution is 2.18. The number of hydrogen-bond donors (Lipinski definition) is 0. The summed E-state index contributed by atoms with van der Waals surface area (Å²) in [6, 6.07) is 0. The van der Waals surface area contributed by atoms with E-state index in [2.05, 4.69) is 93.7 Å². The van der Waals surface area contributed by atoms with E-state index in [9.17, 15) is 14.4 Å². The number of unbranched alkanes of at least 4 members (excludes halogenated alkanes) is 42. The Morgan fingerprint density at radius 3 is 0.765 bits per heavy atom. The summed E-state index contributed by atoms with van der Waals surface area (Å²) in [5.74, 6) is -0.857. The zero-order chi connectivity index (χ0) is 58.5. The van der Waals surface area contributed by atoms with Gasteiger partial charge in [0.2, 0.25) is 0 Å². The average Bonchev–Trinajstić information content (AvgIpc) is 3.47. The molecule has 0 radical (unpaired) electrons. The van der Waals surface area contributed by atoms with Gasteiger partial charge in [-0.05, 0) is 89.9 Å². The minimum Gasteiger partial charge on any atom is -0.462 e. The maximum Gasteiger partial charge on any atom is 0.306 e. The molecule has 0 aromatic heterocycles. The van der Waals surface area contributed by atoms with Gasteiger partial charge in [-0.25, -0.2) is 0 Å². The predicted octanol–water partition coefficient (Wildman–Crippen LogP) is 24.4. The van der Waals surface area contributed by atoms with Gasteiger partial charge in [0.1, 0.15) is 13.2 Å². The van der Waals surface area contributed by atoms with E-state index in [0.29, 0.717) is 19.3 Å². The van der Waals surface area contributed by atoms with E-state index in [1.165, 1.54) is 231 Å². The van der Waals surface area contributed by atoms with Crippen LogP contribution in [0.4, 0.5) is 0 Å². The number of carbonyl (C=O) groups excluding carboxylic acids is 3. The molecular weight excluding hydrogens is 997 g/mol. The van der Waals surface area contributed by atoms with Gasteiger partial charge in [0.05, 0.1) is 0 Å². The van der Waals surface area contributed by atoms with Crippen molar-refractivity contribution in [1.29, 1.82) is 0 Å². The van der Waals surface area contributed by atoms with Crippen LogP contribution in [0.15, 0.2) is 72.9 Å². The molecular formula is C75H134O6. The van der Waals surface area contributed by atoms with Crippen molar-refractivity contribution in [2.24, 2.45) is 0 Å². The van der Waals surface area contributed by atoms with Gasteiger partial charge in [-0.1, -0.05) is 331 Å². The Kier molecular flexibility index (Phi) is 66.6. The first-order valence-corrected chi connectivity index (χ1v) is 35.4. The van der Waals surface area contributed by atoms with Gasteiger partial charge < -0.3 is 14.2 Å².